The molecule has 0 radical (unpaired) electrons. The van der Waals surface area contributed by atoms with Crippen molar-refractivity contribution in [3.63, 3.8) is 0 Å². The smallest absolute Gasteiger partial charge is 0.0577 e. The first-order valence-corrected chi connectivity index (χ1v) is 12.7. The highest BCUT2D eigenvalue weighted by Crippen LogP contribution is 2.67. The fourth-order valence-electron chi connectivity index (χ4n) is 8.85. The molecule has 166 valence electrons. The van der Waals surface area contributed by atoms with Gasteiger partial charge in [0.15, 0.2) is 0 Å². The van der Waals surface area contributed by atoms with E-state index >= 15 is 0 Å². The zero-order valence-electron chi connectivity index (χ0n) is 19.7. The van der Waals surface area contributed by atoms with E-state index in [1.165, 1.54) is 38.5 Å². The Morgan fingerprint density at radius 3 is 2.48 bits per heavy atom. The molecule has 0 bridgehead atoms. The molecule has 0 aliphatic heterocycles. The van der Waals surface area contributed by atoms with Crippen LogP contribution in [0.25, 0.3) is 0 Å². The average Bonchev–Trinajstić information content (AvgIpc) is 2.99. The third-order valence-electron chi connectivity index (χ3n) is 10.2. The van der Waals surface area contributed by atoms with E-state index in [0.717, 1.165) is 49.4 Å². The summed E-state index contributed by atoms with van der Waals surface area (Å²) in [6.07, 6.45) is 14.1. The molecule has 4 aliphatic carbocycles. The number of hydrogen-bond acceptors (Lipinski definition) is 2. The van der Waals surface area contributed by atoms with Gasteiger partial charge in [-0.25, -0.2) is 0 Å². The molecule has 29 heavy (non-hydrogen) atoms. The highest BCUT2D eigenvalue weighted by Gasteiger charge is 2.59. The van der Waals surface area contributed by atoms with E-state index in [9.17, 15) is 10.2 Å². The van der Waals surface area contributed by atoms with Crippen LogP contribution in [-0.2, 0) is 0 Å². The molecule has 0 saturated heterocycles. The molecule has 3 fully saturated rings. The molecule has 0 spiro atoms. The summed E-state index contributed by atoms with van der Waals surface area (Å²) in [6.45, 7) is 12.0. The Labute approximate surface area is 179 Å². The highest BCUT2D eigenvalue weighted by molar-refractivity contribution is 5.25. The molecular formula is C27H46O2. The Balaban J connectivity index is 1.50. The van der Waals surface area contributed by atoms with Crippen molar-refractivity contribution in [3.05, 3.63) is 11.6 Å². The largest absolute Gasteiger partial charge is 0.393 e. The minimum absolute atomic E-state index is 0.103. The Morgan fingerprint density at radius 1 is 1.00 bits per heavy atom. The molecule has 2 heteroatoms. The molecule has 2 N–H and O–H groups in total. The number of rotatable bonds is 5. The molecule has 0 aromatic rings. The van der Waals surface area contributed by atoms with Gasteiger partial charge >= 0.3 is 0 Å². The van der Waals surface area contributed by atoms with E-state index < -0.39 is 0 Å². The maximum atomic E-state index is 10.6. The minimum Gasteiger partial charge on any atom is -0.393 e. The second-order valence-electron chi connectivity index (χ2n) is 12.4. The van der Waals surface area contributed by atoms with Crippen molar-refractivity contribution >= 4 is 0 Å². The summed E-state index contributed by atoms with van der Waals surface area (Å²) in [5.74, 6) is 4.52. The van der Waals surface area contributed by atoms with Crippen LogP contribution in [0.5, 0.6) is 0 Å². The van der Waals surface area contributed by atoms with Crippen molar-refractivity contribution in [3.8, 4) is 0 Å². The molecule has 0 amide bonds. The van der Waals surface area contributed by atoms with Crippen molar-refractivity contribution in [2.45, 2.75) is 111 Å². The van der Waals surface area contributed by atoms with Crippen molar-refractivity contribution in [2.75, 3.05) is 0 Å². The monoisotopic (exact) mass is 402 g/mol. The summed E-state index contributed by atoms with van der Waals surface area (Å²) in [7, 11) is 0. The second kappa shape index (κ2) is 7.97. The lowest BCUT2D eigenvalue weighted by atomic mass is 9.47. The Bertz CT molecular complexity index is 624. The summed E-state index contributed by atoms with van der Waals surface area (Å²) in [6, 6.07) is 0. The lowest BCUT2D eigenvalue weighted by Gasteiger charge is -2.58. The Morgan fingerprint density at radius 2 is 1.76 bits per heavy atom. The Hall–Kier alpha value is -0.340. The summed E-state index contributed by atoms with van der Waals surface area (Å²) in [4.78, 5) is 0. The number of hydrogen-bond donors (Lipinski definition) is 2. The van der Waals surface area contributed by atoms with Crippen LogP contribution in [-0.4, -0.2) is 22.4 Å². The van der Waals surface area contributed by atoms with Crippen LogP contribution in [0, 0.1) is 46.3 Å². The molecule has 0 heterocycles. The second-order valence-corrected chi connectivity index (χ2v) is 12.4. The molecule has 3 saturated carbocycles. The van der Waals surface area contributed by atoms with E-state index in [1.54, 1.807) is 5.57 Å². The molecule has 0 aromatic carbocycles. The number of allylic oxidation sites excluding steroid dienone is 1. The van der Waals surface area contributed by atoms with Crippen LogP contribution in [0.2, 0.25) is 0 Å². The first kappa shape index (κ1) is 21.9. The van der Waals surface area contributed by atoms with Crippen molar-refractivity contribution < 1.29 is 10.2 Å². The highest BCUT2D eigenvalue weighted by atomic mass is 16.3. The van der Waals surface area contributed by atoms with Gasteiger partial charge in [0, 0.05) is 0 Å². The van der Waals surface area contributed by atoms with Gasteiger partial charge in [-0.1, -0.05) is 46.3 Å². The predicted octanol–water partition coefficient (Wildman–Crippen LogP) is 6.36. The molecule has 9 atom stereocenters. The van der Waals surface area contributed by atoms with Crippen LogP contribution >= 0.6 is 0 Å². The zero-order chi connectivity index (χ0) is 21.0. The molecule has 4 aliphatic rings. The van der Waals surface area contributed by atoms with E-state index in [2.05, 4.69) is 40.7 Å². The summed E-state index contributed by atoms with van der Waals surface area (Å²) >= 11 is 0. The van der Waals surface area contributed by atoms with Gasteiger partial charge in [-0.05, 0) is 111 Å². The summed E-state index contributed by atoms with van der Waals surface area (Å²) in [5.41, 5.74) is 2.40. The third kappa shape index (κ3) is 3.75. The summed E-state index contributed by atoms with van der Waals surface area (Å²) < 4.78 is 0. The van der Waals surface area contributed by atoms with Gasteiger partial charge < -0.3 is 10.2 Å². The summed E-state index contributed by atoms with van der Waals surface area (Å²) in [5, 5.41) is 20.8. The quantitative estimate of drug-likeness (QED) is 0.525. The standard InChI is InChI=1S/C27H46O2/c1-17(2)14-21(29)15-18(3)23-8-9-24-22-7-6-19-16-20(28)10-12-26(19,4)25(22)11-13-27(23,24)5/h6,17-18,20-25,28-29H,7-16H2,1-5H3/t18-,20+,21?,22+,23-,24+,25+,26+,27-/m1/s1. The van der Waals surface area contributed by atoms with Crippen molar-refractivity contribution in [1.29, 1.82) is 0 Å². The van der Waals surface area contributed by atoms with Crippen LogP contribution < -0.4 is 0 Å². The maximum absolute atomic E-state index is 10.6. The number of fused-ring (bicyclic) bond motifs is 5. The molecule has 4 rings (SSSR count). The van der Waals surface area contributed by atoms with Crippen molar-refractivity contribution in [2.24, 2.45) is 46.3 Å². The van der Waals surface area contributed by atoms with Crippen LogP contribution in [0.3, 0.4) is 0 Å². The van der Waals surface area contributed by atoms with Gasteiger partial charge in [0.05, 0.1) is 12.2 Å². The fourth-order valence-corrected chi connectivity index (χ4v) is 8.85. The SMILES string of the molecule is CC(C)CC(O)C[C@@H](C)[C@H]1CC[C@H]2[C@@H]3CC=C4C[C@@H](O)CC[C@]4(C)[C@H]3CC[C@]12C. The van der Waals surface area contributed by atoms with E-state index in [0.29, 0.717) is 22.7 Å². The molecular weight excluding hydrogens is 356 g/mol. The Kier molecular flexibility index (Phi) is 6.01. The van der Waals surface area contributed by atoms with Gasteiger partial charge in [-0.3, -0.25) is 0 Å². The number of aliphatic hydroxyl groups is 2. The van der Waals surface area contributed by atoms with Gasteiger partial charge in [-0.2, -0.15) is 0 Å². The van der Waals surface area contributed by atoms with Crippen LogP contribution in [0.15, 0.2) is 11.6 Å². The topological polar surface area (TPSA) is 40.5 Å². The molecule has 2 nitrogen and oxygen atoms in total. The molecule has 0 aromatic heterocycles. The van der Waals surface area contributed by atoms with E-state index in [4.69, 9.17) is 0 Å². The fraction of sp³-hybridized carbons (Fsp3) is 0.926. The van der Waals surface area contributed by atoms with Gasteiger partial charge in [-0.15, -0.1) is 0 Å². The predicted molar refractivity (Wildman–Crippen MR) is 120 cm³/mol. The lowest BCUT2D eigenvalue weighted by Crippen LogP contribution is -2.50. The van der Waals surface area contributed by atoms with Crippen LogP contribution in [0.1, 0.15) is 98.8 Å². The first-order chi connectivity index (χ1) is 13.6. The van der Waals surface area contributed by atoms with Crippen molar-refractivity contribution in [1.82, 2.24) is 0 Å². The van der Waals surface area contributed by atoms with Gasteiger partial charge in [0.1, 0.15) is 0 Å². The average molecular weight is 403 g/mol. The molecule has 1 unspecified atom stereocenters. The number of aliphatic hydroxyl groups excluding tert-OH is 2. The first-order valence-electron chi connectivity index (χ1n) is 12.7. The van der Waals surface area contributed by atoms with Gasteiger partial charge in [0.25, 0.3) is 0 Å². The van der Waals surface area contributed by atoms with E-state index in [1.807, 2.05) is 0 Å². The lowest BCUT2D eigenvalue weighted by molar-refractivity contribution is -0.0597. The van der Waals surface area contributed by atoms with Crippen LogP contribution in [0.4, 0.5) is 0 Å². The third-order valence-corrected chi connectivity index (χ3v) is 10.2. The zero-order valence-corrected chi connectivity index (χ0v) is 19.7. The maximum Gasteiger partial charge on any atom is 0.0577 e. The van der Waals surface area contributed by atoms with E-state index in [-0.39, 0.29) is 12.2 Å². The van der Waals surface area contributed by atoms with Gasteiger partial charge in [0.2, 0.25) is 0 Å². The minimum atomic E-state index is -0.128. The normalized spacial score (nSPS) is 46.5.